The number of carbonyl (C=O) groups excluding carboxylic acids is 2. The fourth-order valence-electron chi connectivity index (χ4n) is 5.53. The number of hydrogen-bond donors (Lipinski definition) is 0. The quantitative estimate of drug-likeness (QED) is 0.477. The summed E-state index contributed by atoms with van der Waals surface area (Å²) in [5.41, 5.74) is 3.51. The van der Waals surface area contributed by atoms with Crippen LogP contribution in [0.1, 0.15) is 11.3 Å². The summed E-state index contributed by atoms with van der Waals surface area (Å²) in [7, 11) is 2.09. The third kappa shape index (κ3) is 3.55. The average Bonchev–Trinajstić information content (AvgIpc) is 3.17. The molecule has 2 aliphatic rings. The molecule has 0 aliphatic carbocycles. The monoisotopic (exact) mass is 452 g/mol. The van der Waals surface area contributed by atoms with E-state index in [1.54, 1.807) is 9.80 Å². The fraction of sp³-hybridized carbons (Fsp3) is 0.286. The molecule has 2 amide bonds. The molecule has 1 atom stereocenters. The minimum atomic E-state index is -0.417. The molecule has 0 bridgehead atoms. The number of nitrogens with zero attached hydrogens (tertiary/aromatic N) is 4. The van der Waals surface area contributed by atoms with E-state index in [0.717, 1.165) is 29.4 Å². The van der Waals surface area contributed by atoms with Crippen LogP contribution < -0.4 is 0 Å². The van der Waals surface area contributed by atoms with Gasteiger partial charge in [0.05, 0.1) is 0 Å². The number of aryl methyl sites for hydroxylation is 1. The Morgan fingerprint density at radius 2 is 1.62 bits per heavy atom. The molecule has 3 heterocycles. The second-order valence-corrected chi connectivity index (χ2v) is 9.42. The maximum atomic E-state index is 13.6. The van der Waals surface area contributed by atoms with Crippen molar-refractivity contribution in [2.24, 2.45) is 7.05 Å². The van der Waals surface area contributed by atoms with E-state index in [4.69, 9.17) is 0 Å². The molecule has 1 aromatic heterocycles. The topological polar surface area (TPSA) is 48.8 Å². The lowest BCUT2D eigenvalue weighted by Gasteiger charge is -2.46. The van der Waals surface area contributed by atoms with Crippen molar-refractivity contribution in [3.05, 3.63) is 84.1 Å². The Balaban J connectivity index is 1.22. The largest absolute Gasteiger partial charge is 0.346 e. The molecule has 6 rings (SSSR count). The highest BCUT2D eigenvalue weighted by Crippen LogP contribution is 2.25. The van der Waals surface area contributed by atoms with Crippen LogP contribution in [-0.2, 0) is 29.7 Å². The first kappa shape index (κ1) is 20.9. The lowest BCUT2D eigenvalue weighted by Crippen LogP contribution is -2.66. The Kier molecular flexibility index (Phi) is 5.11. The minimum absolute atomic E-state index is 0.0501. The molecule has 172 valence electrons. The molecular formula is C28H28N4O2. The van der Waals surface area contributed by atoms with Crippen LogP contribution in [0.5, 0.6) is 0 Å². The smallest absolute Gasteiger partial charge is 0.247 e. The van der Waals surface area contributed by atoms with E-state index in [0.29, 0.717) is 19.6 Å². The molecule has 34 heavy (non-hydrogen) atoms. The van der Waals surface area contributed by atoms with Crippen molar-refractivity contribution in [1.82, 2.24) is 19.3 Å². The molecule has 3 aromatic carbocycles. The van der Waals surface area contributed by atoms with E-state index in [1.165, 1.54) is 16.6 Å². The van der Waals surface area contributed by atoms with Crippen molar-refractivity contribution in [3.8, 4) is 0 Å². The number of aromatic nitrogens is 1. The Morgan fingerprint density at radius 3 is 2.47 bits per heavy atom. The highest BCUT2D eigenvalue weighted by Gasteiger charge is 2.42. The van der Waals surface area contributed by atoms with Crippen molar-refractivity contribution >= 4 is 33.5 Å². The van der Waals surface area contributed by atoms with E-state index in [9.17, 15) is 9.59 Å². The van der Waals surface area contributed by atoms with Crippen molar-refractivity contribution in [2.45, 2.75) is 19.1 Å². The summed E-state index contributed by atoms with van der Waals surface area (Å²) in [6.07, 6.45) is 0. The number of rotatable bonds is 4. The van der Waals surface area contributed by atoms with Gasteiger partial charge in [0.2, 0.25) is 11.8 Å². The van der Waals surface area contributed by atoms with Gasteiger partial charge in [0.25, 0.3) is 0 Å². The summed E-state index contributed by atoms with van der Waals surface area (Å²) >= 11 is 0. The Bertz CT molecular complexity index is 1400. The number of hydrogen-bond acceptors (Lipinski definition) is 3. The summed E-state index contributed by atoms with van der Waals surface area (Å²) in [4.78, 5) is 32.4. The maximum absolute atomic E-state index is 13.6. The van der Waals surface area contributed by atoms with E-state index in [2.05, 4.69) is 71.1 Å². The SMILES string of the molecule is Cn1c(CN2CCN3C(=O)CN(Cc4cccc5ccccc45)C(=O)C3C2)cc2ccccc21. The van der Waals surface area contributed by atoms with Gasteiger partial charge in [-0.05, 0) is 33.9 Å². The van der Waals surface area contributed by atoms with Gasteiger partial charge in [0.1, 0.15) is 12.6 Å². The van der Waals surface area contributed by atoms with Gasteiger partial charge >= 0.3 is 0 Å². The Labute approximate surface area is 199 Å². The molecule has 4 aromatic rings. The standard InChI is InChI=1S/C28H28N4O2/c1-29-23(15-21-8-3-5-12-25(21)29)17-30-13-14-32-26(18-30)28(34)31(19-27(32)33)16-22-10-6-9-20-7-2-4-11-24(20)22/h2-12,15,26H,13-14,16-19H2,1H3. The molecule has 0 spiro atoms. The number of piperazine rings is 2. The van der Waals surface area contributed by atoms with Gasteiger partial charge in [-0.1, -0.05) is 60.7 Å². The van der Waals surface area contributed by atoms with Crippen LogP contribution >= 0.6 is 0 Å². The molecule has 2 fully saturated rings. The Hall–Kier alpha value is -3.64. The average molecular weight is 453 g/mol. The van der Waals surface area contributed by atoms with E-state index in [-0.39, 0.29) is 18.4 Å². The second kappa shape index (κ2) is 8.29. The van der Waals surface area contributed by atoms with Crippen molar-refractivity contribution in [1.29, 1.82) is 0 Å². The number of fused-ring (bicyclic) bond motifs is 3. The molecule has 6 nitrogen and oxygen atoms in total. The van der Waals surface area contributed by atoms with Gasteiger partial charge in [0, 0.05) is 51.0 Å². The van der Waals surface area contributed by atoms with Crippen LogP contribution in [0.15, 0.2) is 72.8 Å². The normalized spacial score (nSPS) is 19.3. The predicted molar refractivity (Wildman–Crippen MR) is 133 cm³/mol. The predicted octanol–water partition coefficient (Wildman–Crippen LogP) is 3.39. The number of carbonyl (C=O) groups is 2. The third-order valence-corrected chi connectivity index (χ3v) is 7.39. The summed E-state index contributed by atoms with van der Waals surface area (Å²) < 4.78 is 2.22. The van der Waals surface area contributed by atoms with Crippen molar-refractivity contribution < 1.29 is 9.59 Å². The lowest BCUT2D eigenvalue weighted by atomic mass is 10.0. The van der Waals surface area contributed by atoms with E-state index < -0.39 is 6.04 Å². The molecule has 1 unspecified atom stereocenters. The summed E-state index contributed by atoms with van der Waals surface area (Å²) in [6, 6.07) is 24.5. The number of amides is 2. The number of benzene rings is 3. The first-order valence-corrected chi connectivity index (χ1v) is 11.9. The van der Waals surface area contributed by atoms with Crippen LogP contribution in [0.25, 0.3) is 21.7 Å². The van der Waals surface area contributed by atoms with E-state index in [1.807, 2.05) is 18.2 Å². The first-order valence-electron chi connectivity index (χ1n) is 11.9. The summed E-state index contributed by atoms with van der Waals surface area (Å²) in [6.45, 7) is 3.32. The summed E-state index contributed by atoms with van der Waals surface area (Å²) in [5.74, 6) is 0.100. The third-order valence-electron chi connectivity index (χ3n) is 7.39. The van der Waals surface area contributed by atoms with Crippen LogP contribution in [0, 0.1) is 0 Å². The van der Waals surface area contributed by atoms with Crippen LogP contribution in [0.2, 0.25) is 0 Å². The highest BCUT2D eigenvalue weighted by atomic mass is 16.2. The van der Waals surface area contributed by atoms with Crippen molar-refractivity contribution in [2.75, 3.05) is 26.2 Å². The fourth-order valence-corrected chi connectivity index (χ4v) is 5.53. The molecule has 0 saturated carbocycles. The van der Waals surface area contributed by atoms with Crippen LogP contribution in [-0.4, -0.2) is 63.3 Å². The van der Waals surface area contributed by atoms with Gasteiger partial charge < -0.3 is 14.4 Å². The summed E-state index contributed by atoms with van der Waals surface area (Å²) in [5, 5.41) is 3.51. The molecule has 0 radical (unpaired) electrons. The lowest BCUT2D eigenvalue weighted by molar-refractivity contribution is -0.160. The van der Waals surface area contributed by atoms with Gasteiger partial charge in [0.15, 0.2) is 0 Å². The van der Waals surface area contributed by atoms with E-state index >= 15 is 0 Å². The molecular weight excluding hydrogens is 424 g/mol. The zero-order valence-electron chi connectivity index (χ0n) is 19.4. The highest BCUT2D eigenvalue weighted by molar-refractivity contribution is 5.95. The second-order valence-electron chi connectivity index (χ2n) is 9.42. The van der Waals surface area contributed by atoms with Gasteiger partial charge in [-0.2, -0.15) is 0 Å². The minimum Gasteiger partial charge on any atom is -0.346 e. The molecule has 0 N–H and O–H groups in total. The maximum Gasteiger partial charge on any atom is 0.247 e. The van der Waals surface area contributed by atoms with Crippen LogP contribution in [0.3, 0.4) is 0 Å². The van der Waals surface area contributed by atoms with Gasteiger partial charge in [-0.15, -0.1) is 0 Å². The first-order chi connectivity index (χ1) is 16.6. The van der Waals surface area contributed by atoms with Crippen LogP contribution in [0.4, 0.5) is 0 Å². The zero-order valence-corrected chi connectivity index (χ0v) is 19.4. The molecule has 2 aliphatic heterocycles. The van der Waals surface area contributed by atoms with Gasteiger partial charge in [-0.3, -0.25) is 14.5 Å². The zero-order chi connectivity index (χ0) is 23.2. The molecule has 6 heteroatoms. The Morgan fingerprint density at radius 1 is 0.853 bits per heavy atom. The number of para-hydroxylation sites is 1. The van der Waals surface area contributed by atoms with Gasteiger partial charge in [-0.25, -0.2) is 0 Å². The van der Waals surface area contributed by atoms with Crippen molar-refractivity contribution in [3.63, 3.8) is 0 Å². The molecule has 2 saturated heterocycles.